The zero-order valence-corrected chi connectivity index (χ0v) is 19.7. The van der Waals surface area contributed by atoms with Crippen LogP contribution in [-0.2, 0) is 4.79 Å². The number of thiophene rings is 1. The highest BCUT2D eigenvalue weighted by Gasteiger charge is 2.27. The lowest BCUT2D eigenvalue weighted by Gasteiger charge is -2.37. The summed E-state index contributed by atoms with van der Waals surface area (Å²) in [6, 6.07) is 6.26. The van der Waals surface area contributed by atoms with Crippen LogP contribution >= 0.6 is 22.7 Å². The van der Waals surface area contributed by atoms with E-state index in [1.807, 2.05) is 29.0 Å². The number of anilines is 1. The molecular formula is C23H28N6OS2. The quantitative estimate of drug-likeness (QED) is 0.560. The summed E-state index contributed by atoms with van der Waals surface area (Å²) in [4.78, 5) is 32.6. The Labute approximate surface area is 196 Å². The molecule has 1 amide bonds. The number of hydrogen-bond donors (Lipinski definition) is 1. The van der Waals surface area contributed by atoms with Gasteiger partial charge >= 0.3 is 0 Å². The lowest BCUT2D eigenvalue weighted by Crippen LogP contribution is -2.49. The number of hydrogen-bond acceptors (Lipinski definition) is 8. The normalized spacial score (nSPS) is 19.9. The predicted octanol–water partition coefficient (Wildman–Crippen LogP) is 4.22. The zero-order valence-electron chi connectivity index (χ0n) is 18.1. The van der Waals surface area contributed by atoms with Crippen LogP contribution in [0, 0.1) is 0 Å². The number of piperidine rings is 1. The fraction of sp³-hybridized carbons (Fsp3) is 0.478. The minimum atomic E-state index is -0.0146. The van der Waals surface area contributed by atoms with Crippen LogP contribution in [0.1, 0.15) is 32.1 Å². The molecule has 0 aliphatic carbocycles. The van der Waals surface area contributed by atoms with Gasteiger partial charge in [-0.3, -0.25) is 9.69 Å². The van der Waals surface area contributed by atoms with E-state index in [2.05, 4.69) is 25.1 Å². The summed E-state index contributed by atoms with van der Waals surface area (Å²) in [7, 11) is 0. The molecule has 3 aromatic rings. The predicted molar refractivity (Wildman–Crippen MR) is 130 cm³/mol. The van der Waals surface area contributed by atoms with Crippen molar-refractivity contribution in [3.63, 3.8) is 0 Å². The fourth-order valence-electron chi connectivity index (χ4n) is 4.59. The third kappa shape index (κ3) is 5.23. The topological polar surface area (TPSA) is 74.2 Å². The van der Waals surface area contributed by atoms with Gasteiger partial charge in [0, 0.05) is 30.2 Å². The molecule has 1 unspecified atom stereocenters. The molecule has 168 valence electrons. The van der Waals surface area contributed by atoms with Crippen molar-refractivity contribution in [2.45, 2.75) is 38.1 Å². The molecule has 0 bridgehead atoms. The number of amides is 1. The molecule has 7 nitrogen and oxygen atoms in total. The molecule has 5 rings (SSSR count). The molecule has 2 aliphatic rings. The monoisotopic (exact) mass is 468 g/mol. The van der Waals surface area contributed by atoms with Crippen molar-refractivity contribution in [2.24, 2.45) is 0 Å². The van der Waals surface area contributed by atoms with E-state index < -0.39 is 0 Å². The van der Waals surface area contributed by atoms with E-state index in [9.17, 15) is 4.79 Å². The number of carbonyl (C=O) groups excluding carboxylic acids is 1. The van der Waals surface area contributed by atoms with Crippen molar-refractivity contribution in [2.75, 3.05) is 38.0 Å². The van der Waals surface area contributed by atoms with Crippen LogP contribution in [0.25, 0.3) is 21.4 Å². The van der Waals surface area contributed by atoms with Crippen molar-refractivity contribution in [1.29, 1.82) is 0 Å². The Bertz CT molecular complexity index is 965. The van der Waals surface area contributed by atoms with E-state index in [4.69, 9.17) is 4.98 Å². The van der Waals surface area contributed by atoms with Crippen molar-refractivity contribution >= 4 is 34.4 Å². The Morgan fingerprint density at radius 3 is 2.75 bits per heavy atom. The Kier molecular flexibility index (Phi) is 6.87. The molecule has 2 aliphatic heterocycles. The first-order valence-electron chi connectivity index (χ1n) is 11.3. The number of rotatable bonds is 7. The molecule has 0 radical (unpaired) electrons. The molecule has 5 heterocycles. The highest BCUT2D eigenvalue weighted by Crippen LogP contribution is 2.28. The summed E-state index contributed by atoms with van der Waals surface area (Å²) >= 11 is 3.12. The van der Waals surface area contributed by atoms with Gasteiger partial charge in [0.1, 0.15) is 16.5 Å². The smallest absolute Gasteiger partial charge is 0.239 e. The van der Waals surface area contributed by atoms with Crippen LogP contribution < -0.4 is 5.32 Å². The van der Waals surface area contributed by atoms with Crippen LogP contribution in [-0.4, -0.2) is 69.4 Å². The molecule has 1 atom stereocenters. The maximum Gasteiger partial charge on any atom is 0.239 e. The van der Waals surface area contributed by atoms with Crippen LogP contribution in [0.5, 0.6) is 0 Å². The van der Waals surface area contributed by atoms with Gasteiger partial charge in [0.2, 0.25) is 5.91 Å². The SMILES string of the molecule is O=C(CN1CCCCC1CN1CCCC1)Nc1cc(-c2nccs2)nc(-c2cccs2)n1. The molecule has 9 heteroatoms. The molecule has 0 aromatic carbocycles. The third-order valence-electron chi connectivity index (χ3n) is 6.15. The first kappa shape index (κ1) is 21.6. The van der Waals surface area contributed by atoms with Crippen LogP contribution in [0.4, 0.5) is 5.82 Å². The largest absolute Gasteiger partial charge is 0.309 e. The summed E-state index contributed by atoms with van der Waals surface area (Å²) in [6.07, 6.45) is 7.96. The van der Waals surface area contributed by atoms with Crippen molar-refractivity contribution < 1.29 is 4.79 Å². The van der Waals surface area contributed by atoms with E-state index in [1.165, 1.54) is 50.1 Å². The van der Waals surface area contributed by atoms with Crippen LogP contribution in [0.2, 0.25) is 0 Å². The molecule has 2 fully saturated rings. The Balaban J connectivity index is 1.30. The highest BCUT2D eigenvalue weighted by molar-refractivity contribution is 7.13. The molecule has 2 saturated heterocycles. The van der Waals surface area contributed by atoms with Gasteiger partial charge in [0.25, 0.3) is 0 Å². The molecule has 0 saturated carbocycles. The Morgan fingerprint density at radius 1 is 1.09 bits per heavy atom. The number of nitrogens with one attached hydrogen (secondary N) is 1. The third-order valence-corrected chi connectivity index (χ3v) is 7.81. The van der Waals surface area contributed by atoms with Gasteiger partial charge in [0.15, 0.2) is 5.82 Å². The Hall–Kier alpha value is -2.20. The summed E-state index contributed by atoms with van der Waals surface area (Å²) in [5.74, 6) is 1.14. The maximum atomic E-state index is 13.0. The Morgan fingerprint density at radius 2 is 1.97 bits per heavy atom. The standard InChI is InChI=1S/C23H28N6OS2/c30-21(16-29-11-2-1-6-17(29)15-28-9-3-4-10-28)26-20-14-18(23-24-8-13-32-23)25-22(27-20)19-7-5-12-31-19/h5,7-8,12-14,17H,1-4,6,9-11,15-16H2,(H,25,26,27,30). The summed E-state index contributed by atoms with van der Waals surface area (Å²) < 4.78 is 0. The lowest BCUT2D eigenvalue weighted by atomic mass is 10.0. The van der Waals surface area contributed by atoms with E-state index in [0.717, 1.165) is 35.1 Å². The van der Waals surface area contributed by atoms with Gasteiger partial charge in [-0.2, -0.15) is 0 Å². The second-order valence-electron chi connectivity index (χ2n) is 8.45. The second kappa shape index (κ2) is 10.2. The number of nitrogens with zero attached hydrogens (tertiary/aromatic N) is 5. The average Bonchev–Trinajstić information content (AvgIpc) is 3.58. The summed E-state index contributed by atoms with van der Waals surface area (Å²) in [5, 5.41) is 7.80. The highest BCUT2D eigenvalue weighted by atomic mass is 32.1. The van der Waals surface area contributed by atoms with Gasteiger partial charge in [-0.1, -0.05) is 12.5 Å². The summed E-state index contributed by atoms with van der Waals surface area (Å²) in [5.41, 5.74) is 0.735. The average molecular weight is 469 g/mol. The van der Waals surface area contributed by atoms with Crippen molar-refractivity contribution in [3.8, 4) is 21.4 Å². The van der Waals surface area contributed by atoms with Crippen LogP contribution in [0.3, 0.4) is 0 Å². The molecule has 3 aromatic heterocycles. The van der Waals surface area contributed by atoms with E-state index >= 15 is 0 Å². The number of aromatic nitrogens is 3. The first-order chi connectivity index (χ1) is 15.7. The molecule has 32 heavy (non-hydrogen) atoms. The van der Waals surface area contributed by atoms with Gasteiger partial charge in [-0.15, -0.1) is 22.7 Å². The van der Waals surface area contributed by atoms with Crippen molar-refractivity contribution in [1.82, 2.24) is 24.8 Å². The minimum absolute atomic E-state index is 0.0146. The number of likely N-dealkylation sites (tertiary alicyclic amines) is 2. The molecule has 0 spiro atoms. The van der Waals surface area contributed by atoms with E-state index in [0.29, 0.717) is 24.2 Å². The minimum Gasteiger partial charge on any atom is -0.309 e. The van der Waals surface area contributed by atoms with Crippen LogP contribution in [0.15, 0.2) is 35.2 Å². The fourth-order valence-corrected chi connectivity index (χ4v) is 5.85. The first-order valence-corrected chi connectivity index (χ1v) is 13.1. The molecular weight excluding hydrogens is 440 g/mol. The second-order valence-corrected chi connectivity index (χ2v) is 10.3. The van der Waals surface area contributed by atoms with Gasteiger partial charge in [-0.05, 0) is 56.8 Å². The van der Waals surface area contributed by atoms with E-state index in [1.54, 1.807) is 17.5 Å². The van der Waals surface area contributed by atoms with Gasteiger partial charge in [-0.25, -0.2) is 15.0 Å². The zero-order chi connectivity index (χ0) is 21.8. The lowest BCUT2D eigenvalue weighted by molar-refractivity contribution is -0.118. The van der Waals surface area contributed by atoms with E-state index in [-0.39, 0.29) is 5.91 Å². The summed E-state index contributed by atoms with van der Waals surface area (Å²) in [6.45, 7) is 4.87. The van der Waals surface area contributed by atoms with Crippen molar-refractivity contribution in [3.05, 3.63) is 35.2 Å². The van der Waals surface area contributed by atoms with Gasteiger partial charge in [0.05, 0.1) is 11.4 Å². The molecule has 1 N–H and O–H groups in total. The van der Waals surface area contributed by atoms with Gasteiger partial charge < -0.3 is 10.2 Å². The number of thiazole rings is 1. The number of carbonyl (C=O) groups is 1. The maximum absolute atomic E-state index is 13.0.